The average Bonchev–Trinajstić information content (AvgIpc) is 3.17. The van der Waals surface area contributed by atoms with Crippen LogP contribution in [0.2, 0.25) is 0 Å². The number of amides is 3. The van der Waals surface area contributed by atoms with Crippen molar-refractivity contribution in [1.82, 2.24) is 4.90 Å². The van der Waals surface area contributed by atoms with Crippen LogP contribution in [0.1, 0.15) is 5.56 Å². The number of hydrogen-bond donors (Lipinski definition) is 1. The molecule has 3 amide bonds. The molecule has 8 nitrogen and oxygen atoms in total. The number of urea groups is 1. The Morgan fingerprint density at radius 1 is 1.17 bits per heavy atom. The van der Waals surface area contributed by atoms with Crippen molar-refractivity contribution in [3.05, 3.63) is 48.0 Å². The molecule has 0 aliphatic carbocycles. The van der Waals surface area contributed by atoms with Crippen LogP contribution in [-0.4, -0.2) is 58.0 Å². The van der Waals surface area contributed by atoms with Gasteiger partial charge < -0.3 is 24.4 Å². The van der Waals surface area contributed by atoms with E-state index in [2.05, 4.69) is 5.32 Å². The van der Waals surface area contributed by atoms with Crippen molar-refractivity contribution in [2.75, 3.05) is 51.2 Å². The van der Waals surface area contributed by atoms with E-state index in [4.69, 9.17) is 14.2 Å². The number of anilines is 2. The number of methoxy groups -OCH3 is 2. The number of cyclic esters (lactones) is 1. The third-order valence-electron chi connectivity index (χ3n) is 4.70. The number of hydrogen-bond acceptors (Lipinski definition) is 5. The predicted octanol–water partition coefficient (Wildman–Crippen LogP) is 3.37. The van der Waals surface area contributed by atoms with Crippen LogP contribution in [0, 0.1) is 0 Å². The molecule has 1 saturated heterocycles. The van der Waals surface area contributed by atoms with Crippen molar-refractivity contribution < 1.29 is 23.8 Å². The van der Waals surface area contributed by atoms with Crippen LogP contribution in [0.5, 0.6) is 11.5 Å². The van der Waals surface area contributed by atoms with Gasteiger partial charge in [-0.3, -0.25) is 4.90 Å². The van der Waals surface area contributed by atoms with Crippen LogP contribution >= 0.6 is 0 Å². The fourth-order valence-corrected chi connectivity index (χ4v) is 3.03. The minimum Gasteiger partial charge on any atom is -0.493 e. The second-order valence-electron chi connectivity index (χ2n) is 6.61. The van der Waals surface area contributed by atoms with Crippen molar-refractivity contribution in [1.29, 1.82) is 0 Å². The van der Waals surface area contributed by atoms with Crippen molar-refractivity contribution >= 4 is 23.5 Å². The standard InChI is InChI=1S/C21H25N3O5/c1-23(10-9-15-7-8-18(27-2)19(13-15)28-3)20(25)22-16-5-4-6-17(14-16)24-11-12-29-21(24)26/h4-8,13-14H,9-12H2,1-3H3,(H,22,25). The zero-order valence-electron chi connectivity index (χ0n) is 16.8. The predicted molar refractivity (Wildman–Crippen MR) is 110 cm³/mol. The van der Waals surface area contributed by atoms with E-state index in [0.29, 0.717) is 49.0 Å². The highest BCUT2D eigenvalue weighted by Crippen LogP contribution is 2.28. The zero-order valence-corrected chi connectivity index (χ0v) is 16.8. The highest BCUT2D eigenvalue weighted by atomic mass is 16.6. The van der Waals surface area contributed by atoms with Gasteiger partial charge in [-0.1, -0.05) is 12.1 Å². The first-order valence-corrected chi connectivity index (χ1v) is 9.29. The summed E-state index contributed by atoms with van der Waals surface area (Å²) >= 11 is 0. The highest BCUT2D eigenvalue weighted by molar-refractivity contribution is 5.93. The van der Waals surface area contributed by atoms with Gasteiger partial charge in [-0.2, -0.15) is 0 Å². The lowest BCUT2D eigenvalue weighted by Gasteiger charge is -2.19. The largest absolute Gasteiger partial charge is 0.493 e. The second-order valence-corrected chi connectivity index (χ2v) is 6.61. The Morgan fingerprint density at radius 2 is 1.97 bits per heavy atom. The summed E-state index contributed by atoms with van der Waals surface area (Å²) < 4.78 is 15.5. The molecule has 1 fully saturated rings. The van der Waals surface area contributed by atoms with Crippen LogP contribution in [0.15, 0.2) is 42.5 Å². The summed E-state index contributed by atoms with van der Waals surface area (Å²) in [5.74, 6) is 1.33. The fourth-order valence-electron chi connectivity index (χ4n) is 3.03. The number of nitrogens with zero attached hydrogens (tertiary/aromatic N) is 2. The number of benzene rings is 2. The Balaban J connectivity index is 1.57. The Bertz CT molecular complexity index is 886. The summed E-state index contributed by atoms with van der Waals surface area (Å²) in [4.78, 5) is 27.4. The molecule has 29 heavy (non-hydrogen) atoms. The third-order valence-corrected chi connectivity index (χ3v) is 4.70. The van der Waals surface area contributed by atoms with Gasteiger partial charge in [0.15, 0.2) is 11.5 Å². The molecular formula is C21H25N3O5. The van der Waals surface area contributed by atoms with E-state index >= 15 is 0 Å². The maximum Gasteiger partial charge on any atom is 0.414 e. The number of carbonyl (C=O) groups is 2. The molecule has 0 radical (unpaired) electrons. The molecular weight excluding hydrogens is 374 g/mol. The van der Waals surface area contributed by atoms with Crippen LogP contribution in [0.3, 0.4) is 0 Å². The zero-order chi connectivity index (χ0) is 20.8. The molecule has 8 heteroatoms. The summed E-state index contributed by atoms with van der Waals surface area (Å²) in [6.07, 6.45) is 0.296. The number of rotatable bonds is 7. The van der Waals surface area contributed by atoms with Crippen LogP contribution in [0.4, 0.5) is 21.0 Å². The van der Waals surface area contributed by atoms with Gasteiger partial charge in [0.05, 0.1) is 20.8 Å². The maximum absolute atomic E-state index is 12.5. The Labute approximate surface area is 170 Å². The van der Waals surface area contributed by atoms with E-state index < -0.39 is 0 Å². The van der Waals surface area contributed by atoms with Gasteiger partial charge in [0.2, 0.25) is 0 Å². The van der Waals surface area contributed by atoms with Crippen LogP contribution < -0.4 is 19.7 Å². The summed E-state index contributed by atoms with van der Waals surface area (Å²) in [6, 6.07) is 12.6. The topological polar surface area (TPSA) is 80.3 Å². The first-order valence-electron chi connectivity index (χ1n) is 9.29. The lowest BCUT2D eigenvalue weighted by molar-refractivity contribution is 0.181. The Morgan fingerprint density at radius 3 is 2.66 bits per heavy atom. The van der Waals surface area contributed by atoms with Gasteiger partial charge in [-0.15, -0.1) is 0 Å². The molecule has 2 aromatic carbocycles. The number of ether oxygens (including phenoxy) is 3. The SMILES string of the molecule is COc1ccc(CCN(C)C(=O)Nc2cccc(N3CCOC3=O)c2)cc1OC. The summed E-state index contributed by atoms with van der Waals surface area (Å²) in [6.45, 7) is 1.40. The van der Waals surface area contributed by atoms with Crippen molar-refractivity contribution in [3.8, 4) is 11.5 Å². The van der Waals surface area contributed by atoms with Crippen molar-refractivity contribution in [3.63, 3.8) is 0 Å². The van der Waals surface area contributed by atoms with Crippen molar-refractivity contribution in [2.45, 2.75) is 6.42 Å². The van der Waals surface area contributed by atoms with E-state index in [1.54, 1.807) is 44.4 Å². The van der Waals surface area contributed by atoms with Gasteiger partial charge >= 0.3 is 12.1 Å². The molecule has 1 N–H and O–H groups in total. The van der Waals surface area contributed by atoms with Gasteiger partial charge in [0.1, 0.15) is 6.61 Å². The third kappa shape index (κ3) is 4.90. The quantitative estimate of drug-likeness (QED) is 0.772. The maximum atomic E-state index is 12.5. The molecule has 0 spiro atoms. The molecule has 0 aromatic heterocycles. The second kappa shape index (κ2) is 9.18. The van der Waals surface area contributed by atoms with Gasteiger partial charge in [0.25, 0.3) is 0 Å². The number of likely N-dealkylation sites (N-methyl/N-ethyl adjacent to an activating group) is 1. The van der Waals surface area contributed by atoms with Gasteiger partial charge in [0, 0.05) is 25.0 Å². The highest BCUT2D eigenvalue weighted by Gasteiger charge is 2.23. The summed E-state index contributed by atoms with van der Waals surface area (Å²) in [5, 5.41) is 2.86. The summed E-state index contributed by atoms with van der Waals surface area (Å²) in [5.41, 5.74) is 2.35. The molecule has 0 saturated carbocycles. The lowest BCUT2D eigenvalue weighted by Crippen LogP contribution is -2.33. The molecule has 3 rings (SSSR count). The monoisotopic (exact) mass is 399 g/mol. The molecule has 2 aromatic rings. The molecule has 0 unspecified atom stereocenters. The van der Waals surface area contributed by atoms with E-state index in [9.17, 15) is 9.59 Å². The smallest absolute Gasteiger partial charge is 0.414 e. The molecule has 1 aliphatic heterocycles. The van der Waals surface area contributed by atoms with Gasteiger partial charge in [-0.05, 0) is 42.3 Å². The molecule has 0 bridgehead atoms. The minimum atomic E-state index is -0.375. The number of nitrogens with one attached hydrogen (secondary N) is 1. The van der Waals surface area contributed by atoms with Gasteiger partial charge in [-0.25, -0.2) is 9.59 Å². The minimum absolute atomic E-state index is 0.230. The molecule has 0 atom stereocenters. The summed E-state index contributed by atoms with van der Waals surface area (Å²) in [7, 11) is 4.92. The molecule has 1 heterocycles. The fraction of sp³-hybridized carbons (Fsp3) is 0.333. The lowest BCUT2D eigenvalue weighted by atomic mass is 10.1. The average molecular weight is 399 g/mol. The van der Waals surface area contributed by atoms with E-state index in [1.165, 1.54) is 4.90 Å². The molecule has 1 aliphatic rings. The number of carbonyl (C=O) groups excluding carboxylic acids is 2. The van der Waals surface area contributed by atoms with E-state index in [1.807, 2.05) is 24.3 Å². The first kappa shape index (κ1) is 20.3. The van der Waals surface area contributed by atoms with E-state index in [0.717, 1.165) is 5.56 Å². The Hall–Kier alpha value is -3.42. The van der Waals surface area contributed by atoms with E-state index in [-0.39, 0.29) is 12.1 Å². The first-order chi connectivity index (χ1) is 14.0. The normalized spacial score (nSPS) is 13.1. The Kier molecular flexibility index (Phi) is 6.43. The molecule has 154 valence electrons. The van der Waals surface area contributed by atoms with Crippen molar-refractivity contribution in [2.24, 2.45) is 0 Å². The van der Waals surface area contributed by atoms with Crippen LogP contribution in [-0.2, 0) is 11.2 Å². The van der Waals surface area contributed by atoms with Crippen LogP contribution in [0.25, 0.3) is 0 Å².